The van der Waals surface area contributed by atoms with Gasteiger partial charge in [0.25, 0.3) is 0 Å². The zero-order valence-corrected chi connectivity index (χ0v) is 11.8. The van der Waals surface area contributed by atoms with Crippen molar-refractivity contribution < 1.29 is 70.2 Å². The lowest BCUT2D eigenvalue weighted by molar-refractivity contribution is -0.442. The van der Waals surface area contributed by atoms with Gasteiger partial charge in [0.2, 0.25) is 0 Å². The Labute approximate surface area is 133 Å². The molecule has 0 atom stereocenters. The quantitative estimate of drug-likeness (QED) is 0.399. The molecule has 0 fully saturated rings. The lowest BCUT2D eigenvalue weighted by atomic mass is 9.88. The van der Waals surface area contributed by atoms with E-state index in [1.165, 1.54) is 0 Å². The summed E-state index contributed by atoms with van der Waals surface area (Å²) in [7, 11) is 0. The van der Waals surface area contributed by atoms with Gasteiger partial charge in [-0.05, 0) is 0 Å². The van der Waals surface area contributed by atoms with E-state index in [-0.39, 0.29) is 6.92 Å². The predicted molar refractivity (Wildman–Crippen MR) is 50.4 cm³/mol. The molecule has 26 heavy (non-hydrogen) atoms. The van der Waals surface area contributed by atoms with Crippen LogP contribution in [-0.4, -0.2) is 41.5 Å². The van der Waals surface area contributed by atoms with Crippen LogP contribution in [0.1, 0.15) is 13.3 Å². The number of alkyl halides is 14. The third-order valence-corrected chi connectivity index (χ3v) is 3.11. The Morgan fingerprint density at radius 3 is 1.04 bits per heavy atom. The predicted octanol–water partition coefficient (Wildman–Crippen LogP) is 6.27. The van der Waals surface area contributed by atoms with E-state index in [1.807, 2.05) is 0 Å². The molecular weight excluding hydrogens is 424 g/mol. The normalized spacial score (nSPS) is 16.4. The first-order chi connectivity index (χ1) is 11.0. The average molecular weight is 429 g/mol. The van der Waals surface area contributed by atoms with Gasteiger partial charge in [0.05, 0.1) is 0 Å². The van der Waals surface area contributed by atoms with Crippen molar-refractivity contribution in [3.63, 3.8) is 0 Å². The van der Waals surface area contributed by atoms with Gasteiger partial charge in [0.1, 0.15) is 0 Å². The van der Waals surface area contributed by atoms with Crippen LogP contribution in [0.2, 0.25) is 0 Å². The molecule has 0 heterocycles. The van der Waals surface area contributed by atoms with Gasteiger partial charge < -0.3 is 0 Å². The molecule has 0 N–H and O–H groups in total. The molecular formula is C10H5F16. The molecule has 16 heteroatoms. The molecule has 0 bridgehead atoms. The van der Waals surface area contributed by atoms with E-state index in [0.717, 1.165) is 0 Å². The SMILES string of the molecule is CCC(F)(F)C(F)(F)C(F)(F)C(F)(F)C(F)(F)C(F)(F)C(F)(F)[C](F)F. The van der Waals surface area contributed by atoms with E-state index in [2.05, 4.69) is 0 Å². The zero-order chi connectivity index (χ0) is 21.8. The molecule has 0 rings (SSSR count). The number of halogens is 16. The second kappa shape index (κ2) is 6.21. The molecule has 0 aliphatic heterocycles. The van der Waals surface area contributed by atoms with Crippen LogP contribution in [0.3, 0.4) is 0 Å². The van der Waals surface area contributed by atoms with E-state index in [9.17, 15) is 70.2 Å². The maximum Gasteiger partial charge on any atom is 0.385 e. The molecule has 0 unspecified atom stereocenters. The van der Waals surface area contributed by atoms with E-state index in [0.29, 0.717) is 0 Å². The van der Waals surface area contributed by atoms with Crippen molar-refractivity contribution in [1.29, 1.82) is 0 Å². The first kappa shape index (κ1) is 24.9. The topological polar surface area (TPSA) is 0 Å². The fourth-order valence-corrected chi connectivity index (χ4v) is 1.36. The Morgan fingerprint density at radius 1 is 0.500 bits per heavy atom. The van der Waals surface area contributed by atoms with Crippen LogP contribution >= 0.6 is 0 Å². The van der Waals surface area contributed by atoms with Crippen molar-refractivity contribution in [2.24, 2.45) is 0 Å². The van der Waals surface area contributed by atoms with Gasteiger partial charge in [-0.1, -0.05) is 6.92 Å². The highest BCUT2D eigenvalue weighted by Crippen LogP contribution is 2.63. The van der Waals surface area contributed by atoms with Crippen molar-refractivity contribution in [1.82, 2.24) is 0 Å². The number of hydrogen-bond donors (Lipinski definition) is 0. The Hall–Kier alpha value is -1.12. The maximum atomic E-state index is 13.1. The lowest BCUT2D eigenvalue weighted by Gasteiger charge is -2.42. The third-order valence-electron chi connectivity index (χ3n) is 3.11. The monoisotopic (exact) mass is 429 g/mol. The Morgan fingerprint density at radius 2 is 0.769 bits per heavy atom. The van der Waals surface area contributed by atoms with Gasteiger partial charge in [0.15, 0.2) is 0 Å². The molecule has 0 saturated heterocycles. The highest BCUT2D eigenvalue weighted by Gasteiger charge is 2.93. The van der Waals surface area contributed by atoms with Crippen LogP contribution < -0.4 is 0 Å². The Kier molecular flexibility index (Phi) is 5.94. The molecule has 0 saturated carbocycles. The maximum absolute atomic E-state index is 13.1. The molecule has 0 aliphatic carbocycles. The number of rotatable bonds is 8. The first-order valence-corrected chi connectivity index (χ1v) is 5.83. The first-order valence-electron chi connectivity index (χ1n) is 5.83. The molecule has 1 radical (unpaired) electrons. The van der Waals surface area contributed by atoms with Crippen molar-refractivity contribution in [3.8, 4) is 0 Å². The van der Waals surface area contributed by atoms with Crippen LogP contribution in [0, 0.1) is 6.43 Å². The fraction of sp³-hybridized carbons (Fsp3) is 0.900. The molecule has 0 nitrogen and oxygen atoms in total. The molecule has 0 aromatic carbocycles. The minimum atomic E-state index is -8.32. The second-order valence-corrected chi connectivity index (χ2v) is 4.76. The lowest BCUT2D eigenvalue weighted by Crippen LogP contribution is -2.73. The summed E-state index contributed by atoms with van der Waals surface area (Å²) in [5, 5.41) is 0. The van der Waals surface area contributed by atoms with Gasteiger partial charge in [-0.2, -0.15) is 70.2 Å². The summed E-state index contributed by atoms with van der Waals surface area (Å²) in [5.41, 5.74) is 0. The average Bonchev–Trinajstić information content (AvgIpc) is 2.45. The molecule has 0 amide bonds. The molecule has 0 aliphatic rings. The smallest absolute Gasteiger partial charge is 0.200 e. The van der Waals surface area contributed by atoms with Crippen LogP contribution in [0.15, 0.2) is 0 Å². The van der Waals surface area contributed by atoms with Gasteiger partial charge in [-0.3, -0.25) is 0 Å². The molecule has 0 aromatic heterocycles. The molecule has 0 aromatic rings. The summed E-state index contributed by atoms with van der Waals surface area (Å²) in [5.74, 6) is -53.9. The molecule has 157 valence electrons. The summed E-state index contributed by atoms with van der Waals surface area (Å²) in [4.78, 5) is 0. The van der Waals surface area contributed by atoms with E-state index < -0.39 is 54.3 Å². The van der Waals surface area contributed by atoms with Crippen LogP contribution in [0.5, 0.6) is 0 Å². The number of hydrogen-bond acceptors (Lipinski definition) is 0. The van der Waals surface area contributed by atoms with Gasteiger partial charge in [0, 0.05) is 6.42 Å². The summed E-state index contributed by atoms with van der Waals surface area (Å²) in [6.07, 6.45) is -7.34. The van der Waals surface area contributed by atoms with E-state index in [4.69, 9.17) is 0 Å². The largest absolute Gasteiger partial charge is 0.385 e. The summed E-state index contributed by atoms with van der Waals surface area (Å²) >= 11 is 0. The van der Waals surface area contributed by atoms with Gasteiger partial charge in [-0.25, -0.2) is 0 Å². The van der Waals surface area contributed by atoms with Crippen molar-refractivity contribution in [2.45, 2.75) is 54.8 Å². The summed E-state index contributed by atoms with van der Waals surface area (Å²) in [6.45, 7) is -0.0174. The van der Waals surface area contributed by atoms with Crippen LogP contribution in [-0.2, 0) is 0 Å². The standard InChI is InChI=1S/C10H5F16/c1-2-4(13,14)6(17,18)8(21,22)10(25,26)9(23,24)7(19,20)5(15,16)3(11)12/h2H2,1H3. The van der Waals surface area contributed by atoms with Crippen LogP contribution in [0.4, 0.5) is 70.2 Å². The minimum absolute atomic E-state index is 0.0174. The van der Waals surface area contributed by atoms with Crippen molar-refractivity contribution in [3.05, 3.63) is 6.43 Å². The van der Waals surface area contributed by atoms with E-state index in [1.54, 1.807) is 0 Å². The minimum Gasteiger partial charge on any atom is -0.200 e. The second-order valence-electron chi connectivity index (χ2n) is 4.76. The summed E-state index contributed by atoms with van der Waals surface area (Å²) in [6, 6.07) is 0. The van der Waals surface area contributed by atoms with Gasteiger partial charge >= 0.3 is 47.9 Å². The van der Waals surface area contributed by atoms with Gasteiger partial charge in [-0.15, -0.1) is 0 Å². The van der Waals surface area contributed by atoms with Crippen molar-refractivity contribution >= 4 is 0 Å². The zero-order valence-electron chi connectivity index (χ0n) is 11.8. The van der Waals surface area contributed by atoms with E-state index >= 15 is 0 Å². The highest BCUT2D eigenvalue weighted by molar-refractivity contribution is 5.15. The van der Waals surface area contributed by atoms with Crippen LogP contribution in [0.25, 0.3) is 0 Å². The fourth-order valence-electron chi connectivity index (χ4n) is 1.36. The summed E-state index contributed by atoms with van der Waals surface area (Å²) < 4.78 is 203. The Balaban J connectivity index is 6.54. The third kappa shape index (κ3) is 2.86. The Bertz CT molecular complexity index is 503. The highest BCUT2D eigenvalue weighted by atomic mass is 19.4. The van der Waals surface area contributed by atoms with Crippen molar-refractivity contribution in [2.75, 3.05) is 0 Å². The molecule has 0 spiro atoms.